The number of carbonyl (C=O) groups is 3. The first kappa shape index (κ1) is 20.2. The molecule has 1 aromatic carbocycles. The number of piperidine rings is 1. The lowest BCUT2D eigenvalue weighted by Gasteiger charge is -2.30. The highest BCUT2D eigenvalue weighted by Gasteiger charge is 2.26. The summed E-state index contributed by atoms with van der Waals surface area (Å²) in [5.41, 5.74) is 6.50. The van der Waals surface area contributed by atoms with E-state index < -0.39 is 0 Å². The molecule has 28 heavy (non-hydrogen) atoms. The predicted molar refractivity (Wildman–Crippen MR) is 107 cm³/mol. The number of carbonyl (C=O) groups excluding carboxylic acids is 3. The topological polar surface area (TPSA) is 91.4 Å². The molecule has 1 saturated heterocycles. The van der Waals surface area contributed by atoms with Crippen LogP contribution in [0.1, 0.15) is 33.9 Å². The van der Waals surface area contributed by atoms with Gasteiger partial charge in [0.15, 0.2) is 5.78 Å². The molecule has 148 valence electrons. The van der Waals surface area contributed by atoms with Gasteiger partial charge in [-0.15, -0.1) is 11.3 Å². The van der Waals surface area contributed by atoms with Crippen molar-refractivity contribution < 1.29 is 14.4 Å². The number of hydrogen-bond acceptors (Lipinski definition) is 6. The molecule has 3 rings (SSSR count). The summed E-state index contributed by atoms with van der Waals surface area (Å²) < 4.78 is 0. The summed E-state index contributed by atoms with van der Waals surface area (Å²) >= 11 is 1.42. The highest BCUT2D eigenvalue weighted by Crippen LogP contribution is 2.21. The molecule has 1 aliphatic heterocycles. The Bertz CT molecular complexity index is 829. The fraction of sp³-hybridized carbons (Fsp3) is 0.400. The van der Waals surface area contributed by atoms with E-state index in [4.69, 9.17) is 0 Å². The van der Waals surface area contributed by atoms with Crippen molar-refractivity contribution in [1.82, 2.24) is 20.7 Å². The van der Waals surface area contributed by atoms with E-state index in [0.717, 1.165) is 29.1 Å². The number of amides is 2. The molecule has 1 fully saturated rings. The first-order valence-electron chi connectivity index (χ1n) is 9.31. The maximum atomic E-state index is 12.5. The van der Waals surface area contributed by atoms with Crippen LogP contribution < -0.4 is 10.9 Å². The first-order chi connectivity index (χ1) is 13.5. The third kappa shape index (κ3) is 5.71. The number of hydrazine groups is 1. The minimum Gasteiger partial charge on any atom is -0.294 e. The maximum Gasteiger partial charge on any atom is 0.252 e. The van der Waals surface area contributed by atoms with Crippen molar-refractivity contribution in [3.05, 3.63) is 52.0 Å². The summed E-state index contributed by atoms with van der Waals surface area (Å²) in [6.45, 7) is 3.44. The van der Waals surface area contributed by atoms with Gasteiger partial charge in [-0.3, -0.25) is 30.1 Å². The molecule has 0 atom stereocenters. The summed E-state index contributed by atoms with van der Waals surface area (Å²) in [5, 5.41) is 2.60. The SMILES string of the molecule is Cc1csc(CC(=O)NNC(=O)CN2CCC(C(=O)c3ccccc3)CC2)n1. The van der Waals surface area contributed by atoms with Gasteiger partial charge in [0.2, 0.25) is 5.91 Å². The van der Waals surface area contributed by atoms with E-state index in [0.29, 0.717) is 13.1 Å². The predicted octanol–water partition coefficient (Wildman–Crippen LogP) is 1.74. The van der Waals surface area contributed by atoms with E-state index in [1.807, 2.05) is 47.5 Å². The lowest BCUT2D eigenvalue weighted by atomic mass is 9.89. The smallest absolute Gasteiger partial charge is 0.252 e. The lowest BCUT2D eigenvalue weighted by molar-refractivity contribution is -0.129. The van der Waals surface area contributed by atoms with Gasteiger partial charge in [0.05, 0.1) is 13.0 Å². The van der Waals surface area contributed by atoms with Crippen molar-refractivity contribution in [1.29, 1.82) is 0 Å². The van der Waals surface area contributed by atoms with Crippen molar-refractivity contribution in [3.63, 3.8) is 0 Å². The molecule has 2 N–H and O–H groups in total. The summed E-state index contributed by atoms with van der Waals surface area (Å²) in [7, 11) is 0. The van der Waals surface area contributed by atoms with E-state index in [1.165, 1.54) is 11.3 Å². The van der Waals surface area contributed by atoms with Crippen molar-refractivity contribution in [2.45, 2.75) is 26.2 Å². The van der Waals surface area contributed by atoms with Crippen molar-refractivity contribution in [2.24, 2.45) is 5.92 Å². The largest absolute Gasteiger partial charge is 0.294 e. The Hall–Kier alpha value is -2.58. The highest BCUT2D eigenvalue weighted by atomic mass is 32.1. The van der Waals surface area contributed by atoms with E-state index in [1.54, 1.807) is 0 Å². The second-order valence-electron chi connectivity index (χ2n) is 6.94. The molecule has 0 aliphatic carbocycles. The lowest BCUT2D eigenvalue weighted by Crippen LogP contribution is -2.48. The average Bonchev–Trinajstić information content (AvgIpc) is 3.11. The van der Waals surface area contributed by atoms with Crippen LogP contribution in [0, 0.1) is 12.8 Å². The van der Waals surface area contributed by atoms with Crippen molar-refractivity contribution in [2.75, 3.05) is 19.6 Å². The molecule has 2 amide bonds. The zero-order valence-corrected chi connectivity index (χ0v) is 16.6. The number of likely N-dealkylation sites (tertiary alicyclic amines) is 1. The highest BCUT2D eigenvalue weighted by molar-refractivity contribution is 7.09. The number of aryl methyl sites for hydroxylation is 1. The van der Waals surface area contributed by atoms with E-state index in [-0.39, 0.29) is 36.5 Å². The van der Waals surface area contributed by atoms with Crippen LogP contribution in [0.5, 0.6) is 0 Å². The number of ketones is 1. The minimum absolute atomic E-state index is 0.00293. The van der Waals surface area contributed by atoms with E-state index >= 15 is 0 Å². The maximum absolute atomic E-state index is 12.5. The Morgan fingerprint density at radius 2 is 1.79 bits per heavy atom. The molecule has 1 aliphatic rings. The van der Waals surface area contributed by atoms with E-state index in [2.05, 4.69) is 15.8 Å². The number of thiazole rings is 1. The van der Waals surface area contributed by atoms with Crippen LogP contribution in [0.3, 0.4) is 0 Å². The Balaban J connectivity index is 1.36. The molecule has 0 spiro atoms. The monoisotopic (exact) mass is 400 g/mol. The van der Waals surface area contributed by atoms with Crippen molar-refractivity contribution >= 4 is 28.9 Å². The van der Waals surface area contributed by atoms with Gasteiger partial charge < -0.3 is 0 Å². The van der Waals surface area contributed by atoms with Crippen molar-refractivity contribution in [3.8, 4) is 0 Å². The molecule has 0 radical (unpaired) electrons. The van der Waals surface area contributed by atoms with Crippen LogP contribution in [0.25, 0.3) is 0 Å². The second kappa shape index (κ2) is 9.57. The van der Waals surface area contributed by atoms with E-state index in [9.17, 15) is 14.4 Å². The molecule has 7 nitrogen and oxygen atoms in total. The number of Topliss-reactive ketones (excluding diaryl/α,β-unsaturated/α-hetero) is 1. The molecule has 0 bridgehead atoms. The standard InChI is InChI=1S/C20H24N4O3S/c1-14-13-28-19(21-14)11-17(25)22-23-18(26)12-24-9-7-16(8-10-24)20(27)15-5-3-2-4-6-15/h2-6,13,16H,7-12H2,1H3,(H,22,25)(H,23,26). The van der Waals surface area contributed by atoms with Gasteiger partial charge in [-0.05, 0) is 32.9 Å². The third-order valence-corrected chi connectivity index (χ3v) is 5.67. The molecule has 1 aromatic heterocycles. The fourth-order valence-corrected chi connectivity index (χ4v) is 4.01. The van der Waals surface area contributed by atoms with Gasteiger partial charge in [0.1, 0.15) is 5.01 Å². The Morgan fingerprint density at radius 3 is 2.43 bits per heavy atom. The number of nitrogens with one attached hydrogen (secondary N) is 2. The molecule has 2 aromatic rings. The molecular formula is C20H24N4O3S. The number of hydrogen-bond donors (Lipinski definition) is 2. The van der Waals surface area contributed by atoms with Gasteiger partial charge >= 0.3 is 0 Å². The third-order valence-electron chi connectivity index (χ3n) is 4.70. The molecule has 0 unspecified atom stereocenters. The van der Waals surface area contributed by atoms with Gasteiger partial charge in [-0.2, -0.15) is 0 Å². The fourth-order valence-electron chi connectivity index (χ4n) is 3.24. The average molecular weight is 401 g/mol. The molecule has 8 heteroatoms. The van der Waals surface area contributed by atoms with Gasteiger partial charge in [0, 0.05) is 22.6 Å². The summed E-state index contributed by atoms with van der Waals surface area (Å²) in [6.07, 6.45) is 1.61. The first-order valence-corrected chi connectivity index (χ1v) is 10.2. The van der Waals surface area contributed by atoms with Crippen LogP contribution in [0.2, 0.25) is 0 Å². The van der Waals surface area contributed by atoms with Gasteiger partial charge in [-0.25, -0.2) is 4.98 Å². The zero-order chi connectivity index (χ0) is 19.9. The Labute approximate surface area is 168 Å². The number of nitrogens with zero attached hydrogens (tertiary/aromatic N) is 2. The Kier molecular flexibility index (Phi) is 6.89. The van der Waals surface area contributed by atoms with Gasteiger partial charge in [-0.1, -0.05) is 30.3 Å². The number of benzene rings is 1. The second-order valence-corrected chi connectivity index (χ2v) is 7.88. The van der Waals surface area contributed by atoms with Crippen LogP contribution >= 0.6 is 11.3 Å². The van der Waals surface area contributed by atoms with Gasteiger partial charge in [0.25, 0.3) is 5.91 Å². The van der Waals surface area contributed by atoms with Crippen LogP contribution in [0.4, 0.5) is 0 Å². The van der Waals surface area contributed by atoms with Crippen LogP contribution in [-0.4, -0.2) is 47.1 Å². The summed E-state index contributed by atoms with van der Waals surface area (Å²) in [4.78, 5) is 42.7. The zero-order valence-electron chi connectivity index (χ0n) is 15.8. The number of aromatic nitrogens is 1. The molecule has 0 saturated carbocycles. The molecule has 2 heterocycles. The minimum atomic E-state index is -0.296. The normalized spacial score (nSPS) is 15.2. The summed E-state index contributed by atoms with van der Waals surface area (Å²) in [5.74, 6) is -0.385. The van der Waals surface area contributed by atoms with Crippen LogP contribution in [-0.2, 0) is 16.0 Å². The summed E-state index contributed by atoms with van der Waals surface area (Å²) in [6, 6.07) is 9.33. The van der Waals surface area contributed by atoms with Crippen LogP contribution in [0.15, 0.2) is 35.7 Å². The number of rotatable bonds is 6. The molecular weight excluding hydrogens is 376 g/mol. The quantitative estimate of drug-likeness (QED) is 0.569. The Morgan fingerprint density at radius 1 is 1.11 bits per heavy atom.